The Kier molecular flexibility index (Phi) is 6.35. The van der Waals surface area contributed by atoms with E-state index in [2.05, 4.69) is 22.2 Å². The molecule has 26 heavy (non-hydrogen) atoms. The van der Waals surface area contributed by atoms with Crippen molar-refractivity contribution in [3.8, 4) is 0 Å². The van der Waals surface area contributed by atoms with Gasteiger partial charge in [-0.15, -0.1) is 0 Å². The lowest BCUT2D eigenvalue weighted by Crippen LogP contribution is -2.16. The van der Waals surface area contributed by atoms with Gasteiger partial charge in [-0.25, -0.2) is 4.98 Å². The van der Waals surface area contributed by atoms with E-state index in [1.165, 1.54) is 17.8 Å². The standard InChI is InChI=1S/C19H19N3O2S2/c1-2-25-11-14-10-17(23)22-19(20-14)26-12-18(24)21-16-9-5-7-13-6-3-4-8-15(13)16/h3-10H,2,11-12H2,1H3,(H,21,24)(H,20,22,23). The molecular formula is C19H19N3O2S2. The summed E-state index contributed by atoms with van der Waals surface area (Å²) in [5.74, 6) is 1.69. The third-order valence-electron chi connectivity index (χ3n) is 3.63. The molecule has 134 valence electrons. The Bertz CT molecular complexity index is 967. The molecule has 0 spiro atoms. The quantitative estimate of drug-likeness (QED) is 0.476. The summed E-state index contributed by atoms with van der Waals surface area (Å²) in [6, 6.07) is 15.2. The number of amides is 1. The van der Waals surface area contributed by atoms with Crippen LogP contribution in [0.3, 0.4) is 0 Å². The number of hydrogen-bond acceptors (Lipinski definition) is 5. The van der Waals surface area contributed by atoms with Gasteiger partial charge in [-0.1, -0.05) is 55.1 Å². The first-order valence-corrected chi connectivity index (χ1v) is 10.4. The minimum absolute atomic E-state index is 0.137. The van der Waals surface area contributed by atoms with Crippen LogP contribution in [0.5, 0.6) is 0 Å². The van der Waals surface area contributed by atoms with Crippen molar-refractivity contribution in [1.29, 1.82) is 0 Å². The van der Waals surface area contributed by atoms with Crippen molar-refractivity contribution in [1.82, 2.24) is 9.97 Å². The minimum Gasteiger partial charge on any atom is -0.325 e. The second-order valence-electron chi connectivity index (χ2n) is 5.54. The Hall–Kier alpha value is -2.25. The highest BCUT2D eigenvalue weighted by molar-refractivity contribution is 7.99. The minimum atomic E-state index is -0.191. The number of benzene rings is 2. The lowest BCUT2D eigenvalue weighted by molar-refractivity contribution is -0.113. The third-order valence-corrected chi connectivity index (χ3v) is 5.41. The fraction of sp³-hybridized carbons (Fsp3) is 0.211. The number of H-pyrrole nitrogens is 1. The normalized spacial score (nSPS) is 10.8. The zero-order chi connectivity index (χ0) is 18.4. The molecule has 1 amide bonds. The summed E-state index contributed by atoms with van der Waals surface area (Å²) in [4.78, 5) is 31.1. The molecule has 5 nitrogen and oxygen atoms in total. The van der Waals surface area contributed by atoms with E-state index in [-0.39, 0.29) is 17.2 Å². The van der Waals surface area contributed by atoms with Crippen molar-refractivity contribution < 1.29 is 4.79 Å². The summed E-state index contributed by atoms with van der Waals surface area (Å²) >= 11 is 2.93. The molecule has 0 bridgehead atoms. The zero-order valence-electron chi connectivity index (χ0n) is 14.3. The first-order valence-electron chi connectivity index (χ1n) is 8.24. The predicted octanol–water partition coefficient (Wildman–Crippen LogP) is 3.91. The summed E-state index contributed by atoms with van der Waals surface area (Å²) in [6.45, 7) is 2.06. The highest BCUT2D eigenvalue weighted by Gasteiger charge is 2.09. The molecule has 2 N–H and O–H groups in total. The van der Waals surface area contributed by atoms with E-state index in [9.17, 15) is 9.59 Å². The van der Waals surface area contributed by atoms with Gasteiger partial charge in [-0.3, -0.25) is 9.59 Å². The molecule has 0 saturated heterocycles. The van der Waals surface area contributed by atoms with Crippen molar-refractivity contribution in [3.63, 3.8) is 0 Å². The number of thioether (sulfide) groups is 2. The van der Waals surface area contributed by atoms with E-state index in [0.717, 1.165) is 27.9 Å². The van der Waals surface area contributed by atoms with Crippen LogP contribution in [0.4, 0.5) is 5.69 Å². The molecule has 1 aromatic heterocycles. The first kappa shape index (κ1) is 18.5. The van der Waals surface area contributed by atoms with Gasteiger partial charge in [0.15, 0.2) is 5.16 Å². The van der Waals surface area contributed by atoms with Crippen molar-refractivity contribution in [2.75, 3.05) is 16.8 Å². The van der Waals surface area contributed by atoms with Crippen LogP contribution in [0, 0.1) is 0 Å². The molecule has 0 aliphatic carbocycles. The summed E-state index contributed by atoms with van der Waals surface area (Å²) in [5.41, 5.74) is 1.32. The zero-order valence-corrected chi connectivity index (χ0v) is 16.0. The van der Waals surface area contributed by atoms with Gasteiger partial charge in [0, 0.05) is 22.9 Å². The maximum absolute atomic E-state index is 12.3. The molecule has 1 heterocycles. The number of aromatic nitrogens is 2. The summed E-state index contributed by atoms with van der Waals surface area (Å²) in [7, 11) is 0. The van der Waals surface area contributed by atoms with Gasteiger partial charge in [0.2, 0.25) is 5.91 Å². The molecule has 0 aliphatic rings. The highest BCUT2D eigenvalue weighted by atomic mass is 32.2. The second-order valence-corrected chi connectivity index (χ2v) is 7.78. The molecule has 2 aromatic carbocycles. The number of nitrogens with zero attached hydrogens (tertiary/aromatic N) is 1. The number of rotatable bonds is 7. The molecule has 0 aliphatic heterocycles. The van der Waals surface area contributed by atoms with E-state index in [0.29, 0.717) is 10.9 Å². The Morgan fingerprint density at radius 2 is 2.00 bits per heavy atom. The van der Waals surface area contributed by atoms with E-state index in [1.807, 2.05) is 42.5 Å². The monoisotopic (exact) mass is 385 g/mol. The topological polar surface area (TPSA) is 74.8 Å². The van der Waals surface area contributed by atoms with Crippen molar-refractivity contribution in [2.45, 2.75) is 17.8 Å². The van der Waals surface area contributed by atoms with Crippen LogP contribution in [-0.2, 0) is 10.5 Å². The van der Waals surface area contributed by atoms with E-state index in [4.69, 9.17) is 0 Å². The van der Waals surface area contributed by atoms with Gasteiger partial charge in [-0.2, -0.15) is 11.8 Å². The number of nitrogens with one attached hydrogen (secondary N) is 2. The Morgan fingerprint density at radius 3 is 2.85 bits per heavy atom. The second kappa shape index (κ2) is 8.91. The first-order chi connectivity index (χ1) is 12.7. The van der Waals surface area contributed by atoms with E-state index in [1.54, 1.807) is 11.8 Å². The molecule has 0 atom stereocenters. The predicted molar refractivity (Wildman–Crippen MR) is 110 cm³/mol. The Labute approximate surface area is 160 Å². The van der Waals surface area contributed by atoms with Crippen LogP contribution in [0.1, 0.15) is 12.6 Å². The molecule has 0 saturated carbocycles. The third kappa shape index (κ3) is 4.89. The molecule has 0 radical (unpaired) electrons. The van der Waals surface area contributed by atoms with Crippen LogP contribution >= 0.6 is 23.5 Å². The number of carbonyl (C=O) groups is 1. The molecule has 3 rings (SSSR count). The summed E-state index contributed by atoms with van der Waals surface area (Å²) < 4.78 is 0. The number of hydrogen-bond donors (Lipinski definition) is 2. The maximum Gasteiger partial charge on any atom is 0.251 e. The number of aromatic amines is 1. The van der Waals surface area contributed by atoms with Crippen molar-refractivity contribution >= 4 is 45.9 Å². The van der Waals surface area contributed by atoms with Crippen LogP contribution in [0.25, 0.3) is 10.8 Å². The number of anilines is 1. The lowest BCUT2D eigenvalue weighted by Gasteiger charge is -2.08. The van der Waals surface area contributed by atoms with E-state index >= 15 is 0 Å². The van der Waals surface area contributed by atoms with Crippen molar-refractivity contribution in [3.05, 3.63) is 64.6 Å². The molecular weight excluding hydrogens is 366 g/mol. The smallest absolute Gasteiger partial charge is 0.251 e. The van der Waals surface area contributed by atoms with Gasteiger partial charge in [-0.05, 0) is 17.2 Å². The van der Waals surface area contributed by atoms with Crippen LogP contribution in [0.2, 0.25) is 0 Å². The molecule has 0 unspecified atom stereocenters. The molecule has 3 aromatic rings. The largest absolute Gasteiger partial charge is 0.325 e. The molecule has 7 heteroatoms. The number of carbonyl (C=O) groups excluding carboxylic acids is 1. The Balaban J connectivity index is 1.65. The average Bonchev–Trinajstić information content (AvgIpc) is 2.65. The fourth-order valence-corrected chi connectivity index (χ4v) is 3.74. The fourth-order valence-electron chi connectivity index (χ4n) is 2.49. The van der Waals surface area contributed by atoms with Crippen molar-refractivity contribution in [2.24, 2.45) is 0 Å². The summed E-state index contributed by atoms with van der Waals surface area (Å²) in [6.07, 6.45) is 0. The van der Waals surface area contributed by atoms with Gasteiger partial charge >= 0.3 is 0 Å². The van der Waals surface area contributed by atoms with Crippen LogP contribution in [-0.4, -0.2) is 27.4 Å². The van der Waals surface area contributed by atoms with Crippen LogP contribution < -0.4 is 10.9 Å². The summed E-state index contributed by atoms with van der Waals surface area (Å²) in [5, 5.41) is 5.48. The average molecular weight is 386 g/mol. The van der Waals surface area contributed by atoms with Crippen LogP contribution in [0.15, 0.2) is 58.5 Å². The van der Waals surface area contributed by atoms with E-state index < -0.39 is 0 Å². The number of fused-ring (bicyclic) bond motifs is 1. The van der Waals surface area contributed by atoms with Gasteiger partial charge < -0.3 is 10.3 Å². The lowest BCUT2D eigenvalue weighted by atomic mass is 10.1. The highest BCUT2D eigenvalue weighted by Crippen LogP contribution is 2.23. The maximum atomic E-state index is 12.3. The van der Waals surface area contributed by atoms with Gasteiger partial charge in [0.1, 0.15) is 0 Å². The SMILES string of the molecule is CCSCc1cc(=O)[nH]c(SCC(=O)Nc2cccc3ccccc23)n1. The van der Waals surface area contributed by atoms with Gasteiger partial charge in [0.25, 0.3) is 5.56 Å². The van der Waals surface area contributed by atoms with Gasteiger partial charge in [0.05, 0.1) is 11.4 Å². The molecule has 0 fully saturated rings. The Morgan fingerprint density at radius 1 is 1.19 bits per heavy atom.